The first-order valence-electron chi connectivity index (χ1n) is 8.01. The minimum Gasteiger partial charge on any atom is -0.396 e. The van der Waals surface area contributed by atoms with Gasteiger partial charge in [0.1, 0.15) is 5.82 Å². The van der Waals surface area contributed by atoms with E-state index < -0.39 is 5.69 Å². The number of rotatable bonds is 8. The summed E-state index contributed by atoms with van der Waals surface area (Å²) in [5, 5.41) is 11.4. The molecule has 0 aliphatic heterocycles. The third-order valence-corrected chi connectivity index (χ3v) is 3.89. The van der Waals surface area contributed by atoms with E-state index in [1.165, 1.54) is 11.6 Å². The summed E-state index contributed by atoms with van der Waals surface area (Å²) in [6.45, 7) is 4.03. The second-order valence-electron chi connectivity index (χ2n) is 5.73. The number of nitrogens with one attached hydrogen (secondary N) is 1. The van der Waals surface area contributed by atoms with Gasteiger partial charge in [-0.3, -0.25) is 18.7 Å². The van der Waals surface area contributed by atoms with Gasteiger partial charge in [-0.05, 0) is 19.8 Å². The Kier molecular flexibility index (Phi) is 7.57. The summed E-state index contributed by atoms with van der Waals surface area (Å²) in [6.07, 6.45) is 3.11. The molecule has 1 atom stereocenters. The lowest BCUT2D eigenvalue weighted by molar-refractivity contribution is -0.121. The van der Waals surface area contributed by atoms with Crippen LogP contribution in [0.2, 0.25) is 0 Å². The molecular weight excluding hydrogens is 312 g/mol. The van der Waals surface area contributed by atoms with Crippen molar-refractivity contribution in [1.82, 2.24) is 14.5 Å². The molecule has 24 heavy (non-hydrogen) atoms. The number of hydrogen-bond acceptors (Lipinski definition) is 5. The van der Waals surface area contributed by atoms with Crippen LogP contribution in [0.1, 0.15) is 31.7 Å². The van der Waals surface area contributed by atoms with Gasteiger partial charge < -0.3 is 10.4 Å². The van der Waals surface area contributed by atoms with Gasteiger partial charge in [0.25, 0.3) is 5.56 Å². The van der Waals surface area contributed by atoms with Gasteiger partial charge in [0.15, 0.2) is 0 Å². The molecule has 0 saturated heterocycles. The van der Waals surface area contributed by atoms with Crippen LogP contribution >= 0.6 is 0 Å². The molecule has 0 bridgehead atoms. The molecule has 1 heterocycles. The fraction of sp³-hybridized carbons (Fsp3) is 0.625. The van der Waals surface area contributed by atoms with Gasteiger partial charge in [-0.15, -0.1) is 0 Å². The molecule has 0 spiro atoms. The smallest absolute Gasteiger partial charge is 0.332 e. The standard InChI is InChI=1S/C16H26N4O4/c1-5-12(9-13(22)17-7-6-8-21)10-18-14-11(2)15(23)20(4)16(24)19(14)3/h10,12,21H,5-9H2,1-4H3,(H,17,22)/b18-10-. The van der Waals surface area contributed by atoms with Gasteiger partial charge in [0.05, 0.1) is 5.56 Å². The van der Waals surface area contributed by atoms with Crippen LogP contribution in [0.4, 0.5) is 5.82 Å². The quantitative estimate of drug-likeness (QED) is 0.514. The fourth-order valence-electron chi connectivity index (χ4n) is 2.28. The molecule has 1 unspecified atom stereocenters. The van der Waals surface area contributed by atoms with E-state index in [4.69, 9.17) is 5.11 Å². The molecule has 1 aromatic rings. The molecule has 0 radical (unpaired) electrons. The maximum absolute atomic E-state index is 12.0. The summed E-state index contributed by atoms with van der Waals surface area (Å²) in [6, 6.07) is 0. The van der Waals surface area contributed by atoms with Crippen molar-refractivity contribution in [3.05, 3.63) is 26.4 Å². The van der Waals surface area contributed by atoms with Crippen LogP contribution in [0, 0.1) is 12.8 Å². The third-order valence-electron chi connectivity index (χ3n) is 3.89. The van der Waals surface area contributed by atoms with Gasteiger partial charge in [0.2, 0.25) is 5.91 Å². The van der Waals surface area contributed by atoms with Gasteiger partial charge in [-0.2, -0.15) is 0 Å². The lowest BCUT2D eigenvalue weighted by Crippen LogP contribution is -2.38. The van der Waals surface area contributed by atoms with Crippen molar-refractivity contribution < 1.29 is 9.90 Å². The molecule has 1 amide bonds. The SMILES string of the molecule is CCC(/C=N\c1c(C)c(=O)n(C)c(=O)n1C)CC(=O)NCCCO. The number of aliphatic hydroxyl groups excluding tert-OH is 1. The predicted octanol–water partition coefficient (Wildman–Crippen LogP) is 0.00962. The highest BCUT2D eigenvalue weighted by Gasteiger charge is 2.13. The van der Waals surface area contributed by atoms with Crippen LogP contribution < -0.4 is 16.6 Å². The first-order valence-corrected chi connectivity index (χ1v) is 8.01. The van der Waals surface area contributed by atoms with Crippen LogP contribution in [0.15, 0.2) is 14.6 Å². The average Bonchev–Trinajstić information content (AvgIpc) is 2.57. The summed E-state index contributed by atoms with van der Waals surface area (Å²) in [4.78, 5) is 40.1. The number of aliphatic imine (C=N–C) groups is 1. The second kappa shape index (κ2) is 9.17. The molecule has 8 nitrogen and oxygen atoms in total. The monoisotopic (exact) mass is 338 g/mol. The maximum Gasteiger partial charge on any atom is 0.332 e. The summed E-state index contributed by atoms with van der Waals surface area (Å²) in [5.41, 5.74) is -0.425. The summed E-state index contributed by atoms with van der Waals surface area (Å²) < 4.78 is 2.36. The predicted molar refractivity (Wildman–Crippen MR) is 92.9 cm³/mol. The minimum absolute atomic E-state index is 0.0369. The molecule has 0 saturated carbocycles. The van der Waals surface area contributed by atoms with Crippen molar-refractivity contribution in [2.45, 2.75) is 33.1 Å². The zero-order valence-corrected chi connectivity index (χ0v) is 14.7. The van der Waals surface area contributed by atoms with Crippen LogP contribution in [0.3, 0.4) is 0 Å². The number of carbonyl (C=O) groups is 1. The number of hydrogen-bond donors (Lipinski definition) is 2. The van der Waals surface area contributed by atoms with Crippen molar-refractivity contribution in [2.24, 2.45) is 25.0 Å². The summed E-state index contributed by atoms with van der Waals surface area (Å²) in [7, 11) is 2.99. The molecule has 0 aliphatic carbocycles. The van der Waals surface area contributed by atoms with E-state index in [2.05, 4.69) is 10.3 Å². The van der Waals surface area contributed by atoms with Crippen LogP contribution in [0.5, 0.6) is 0 Å². The molecule has 0 aromatic carbocycles. The number of aromatic nitrogens is 2. The second-order valence-corrected chi connectivity index (χ2v) is 5.73. The average molecular weight is 338 g/mol. The molecular formula is C16H26N4O4. The van der Waals surface area contributed by atoms with E-state index in [0.717, 1.165) is 4.57 Å². The fourth-order valence-corrected chi connectivity index (χ4v) is 2.28. The van der Waals surface area contributed by atoms with Gasteiger partial charge in [-0.1, -0.05) is 6.92 Å². The van der Waals surface area contributed by atoms with E-state index in [1.807, 2.05) is 6.92 Å². The molecule has 8 heteroatoms. The van der Waals surface area contributed by atoms with E-state index in [9.17, 15) is 14.4 Å². The normalized spacial score (nSPS) is 12.5. The Morgan fingerprint density at radius 2 is 2.00 bits per heavy atom. The summed E-state index contributed by atoms with van der Waals surface area (Å²) >= 11 is 0. The van der Waals surface area contributed by atoms with E-state index in [-0.39, 0.29) is 30.4 Å². The molecule has 2 N–H and O–H groups in total. The Labute approximate surface area is 140 Å². The number of aliphatic hydroxyl groups is 1. The highest BCUT2D eigenvalue weighted by Crippen LogP contribution is 2.13. The molecule has 0 aliphatic rings. The van der Waals surface area contributed by atoms with Crippen molar-refractivity contribution in [3.63, 3.8) is 0 Å². The Morgan fingerprint density at radius 3 is 2.58 bits per heavy atom. The van der Waals surface area contributed by atoms with Crippen LogP contribution in [-0.2, 0) is 18.9 Å². The van der Waals surface area contributed by atoms with Crippen molar-refractivity contribution >= 4 is 17.9 Å². The van der Waals surface area contributed by atoms with Crippen molar-refractivity contribution in [3.8, 4) is 0 Å². The Hall–Kier alpha value is -2.22. The Morgan fingerprint density at radius 1 is 1.33 bits per heavy atom. The first-order chi connectivity index (χ1) is 11.3. The molecule has 0 fully saturated rings. The Bertz CT molecular complexity index is 681. The van der Waals surface area contributed by atoms with E-state index >= 15 is 0 Å². The zero-order valence-electron chi connectivity index (χ0n) is 14.7. The molecule has 134 valence electrons. The number of carbonyl (C=O) groups excluding carboxylic acids is 1. The van der Waals surface area contributed by atoms with Crippen LogP contribution in [0.25, 0.3) is 0 Å². The van der Waals surface area contributed by atoms with Gasteiger partial charge in [-0.25, -0.2) is 9.79 Å². The third kappa shape index (κ3) is 4.89. The van der Waals surface area contributed by atoms with Gasteiger partial charge >= 0.3 is 5.69 Å². The van der Waals surface area contributed by atoms with Crippen molar-refractivity contribution in [2.75, 3.05) is 13.2 Å². The van der Waals surface area contributed by atoms with E-state index in [0.29, 0.717) is 30.8 Å². The largest absolute Gasteiger partial charge is 0.396 e. The van der Waals surface area contributed by atoms with E-state index in [1.54, 1.807) is 20.2 Å². The zero-order chi connectivity index (χ0) is 18.3. The van der Waals surface area contributed by atoms with Gasteiger partial charge in [0, 0.05) is 45.8 Å². The Balaban J connectivity index is 2.92. The highest BCUT2D eigenvalue weighted by molar-refractivity contribution is 5.80. The summed E-state index contributed by atoms with van der Waals surface area (Å²) in [5.74, 6) is 0.0938. The first kappa shape index (κ1) is 19.8. The van der Waals surface area contributed by atoms with Crippen LogP contribution in [-0.4, -0.2) is 39.5 Å². The lowest BCUT2D eigenvalue weighted by atomic mass is 10.0. The number of nitrogens with zero attached hydrogens (tertiary/aromatic N) is 3. The minimum atomic E-state index is -0.437. The molecule has 1 aromatic heterocycles. The molecule has 1 rings (SSSR count). The maximum atomic E-state index is 12.0. The lowest BCUT2D eigenvalue weighted by Gasteiger charge is -2.12. The highest BCUT2D eigenvalue weighted by atomic mass is 16.3. The topological polar surface area (TPSA) is 106 Å². The number of amides is 1. The van der Waals surface area contributed by atoms with Crippen molar-refractivity contribution in [1.29, 1.82) is 0 Å².